The Kier molecular flexibility index (Phi) is 6.64. The van der Waals surface area contributed by atoms with E-state index in [4.69, 9.17) is 14.2 Å². The summed E-state index contributed by atoms with van der Waals surface area (Å²) in [4.78, 5) is 15.5. The van der Waals surface area contributed by atoms with Crippen molar-refractivity contribution in [2.75, 3.05) is 27.4 Å². The number of rotatable bonds is 7. The lowest BCUT2D eigenvalue weighted by Gasteiger charge is -2.38. The van der Waals surface area contributed by atoms with Crippen LogP contribution in [0, 0.1) is 0 Å². The first-order valence-corrected chi connectivity index (χ1v) is 11.0. The van der Waals surface area contributed by atoms with Gasteiger partial charge in [0.1, 0.15) is 5.75 Å². The number of fused-ring (bicyclic) bond motifs is 1. The molecule has 0 bridgehead atoms. The molecule has 0 saturated carbocycles. The maximum Gasteiger partial charge on any atom is 0.227 e. The molecule has 4 rings (SSSR count). The SMILES string of the molecule is CCOc1ccc(CC(=O)N2CCc3cc(OC)c(OC)cc3C2c2ccccc2)cc1. The molecule has 1 aliphatic rings. The summed E-state index contributed by atoms with van der Waals surface area (Å²) in [6.45, 7) is 3.23. The van der Waals surface area contributed by atoms with Crippen LogP contribution in [-0.2, 0) is 17.6 Å². The van der Waals surface area contributed by atoms with Crippen molar-refractivity contribution < 1.29 is 19.0 Å². The molecule has 0 spiro atoms. The van der Waals surface area contributed by atoms with Crippen LogP contribution < -0.4 is 14.2 Å². The summed E-state index contributed by atoms with van der Waals surface area (Å²) in [5, 5.41) is 0. The van der Waals surface area contributed by atoms with Gasteiger partial charge in [0.15, 0.2) is 11.5 Å². The van der Waals surface area contributed by atoms with E-state index < -0.39 is 0 Å². The van der Waals surface area contributed by atoms with Crippen molar-refractivity contribution in [1.82, 2.24) is 4.90 Å². The van der Waals surface area contributed by atoms with Gasteiger partial charge in [-0.3, -0.25) is 4.79 Å². The lowest BCUT2D eigenvalue weighted by Crippen LogP contribution is -2.41. The minimum Gasteiger partial charge on any atom is -0.494 e. The van der Waals surface area contributed by atoms with Gasteiger partial charge in [0, 0.05) is 6.54 Å². The van der Waals surface area contributed by atoms with Gasteiger partial charge in [-0.15, -0.1) is 0 Å². The van der Waals surface area contributed by atoms with Crippen molar-refractivity contribution in [3.8, 4) is 17.2 Å². The lowest BCUT2D eigenvalue weighted by molar-refractivity contribution is -0.132. The van der Waals surface area contributed by atoms with E-state index in [1.165, 1.54) is 5.56 Å². The molecule has 32 heavy (non-hydrogen) atoms. The summed E-state index contributed by atoms with van der Waals surface area (Å²) < 4.78 is 16.6. The molecule has 5 nitrogen and oxygen atoms in total. The molecule has 3 aromatic carbocycles. The third-order valence-corrected chi connectivity index (χ3v) is 5.90. The van der Waals surface area contributed by atoms with Crippen LogP contribution in [0.4, 0.5) is 0 Å². The molecule has 5 heteroatoms. The monoisotopic (exact) mass is 431 g/mol. The average molecular weight is 432 g/mol. The molecule has 166 valence electrons. The summed E-state index contributed by atoms with van der Waals surface area (Å²) in [7, 11) is 3.29. The Morgan fingerprint density at radius 3 is 2.31 bits per heavy atom. The highest BCUT2D eigenvalue weighted by Gasteiger charge is 2.33. The summed E-state index contributed by atoms with van der Waals surface area (Å²) in [6.07, 6.45) is 1.12. The molecule has 1 amide bonds. The van der Waals surface area contributed by atoms with Crippen molar-refractivity contribution in [1.29, 1.82) is 0 Å². The maximum atomic E-state index is 13.5. The van der Waals surface area contributed by atoms with E-state index in [2.05, 4.69) is 12.1 Å². The Balaban J connectivity index is 1.68. The summed E-state index contributed by atoms with van der Waals surface area (Å²) in [5.41, 5.74) is 4.32. The molecule has 1 atom stereocenters. The Labute approximate surface area is 189 Å². The molecule has 0 aliphatic carbocycles. The van der Waals surface area contributed by atoms with E-state index in [0.717, 1.165) is 28.9 Å². The molecule has 0 saturated heterocycles. The summed E-state index contributed by atoms with van der Waals surface area (Å²) >= 11 is 0. The van der Waals surface area contributed by atoms with Crippen LogP contribution in [-0.4, -0.2) is 38.2 Å². The second kappa shape index (κ2) is 9.77. The quantitative estimate of drug-likeness (QED) is 0.538. The van der Waals surface area contributed by atoms with Gasteiger partial charge in [0.05, 0.1) is 33.3 Å². The molecule has 3 aromatic rings. The third-order valence-electron chi connectivity index (χ3n) is 5.90. The molecule has 1 heterocycles. The van der Waals surface area contributed by atoms with Crippen LogP contribution in [0.2, 0.25) is 0 Å². The van der Waals surface area contributed by atoms with Crippen LogP contribution >= 0.6 is 0 Å². The van der Waals surface area contributed by atoms with Gasteiger partial charge in [0.25, 0.3) is 0 Å². The van der Waals surface area contributed by atoms with Gasteiger partial charge in [-0.2, -0.15) is 0 Å². The molecular formula is C27H29NO4. The summed E-state index contributed by atoms with van der Waals surface area (Å²) in [6, 6.07) is 21.8. The topological polar surface area (TPSA) is 48.0 Å². The Bertz CT molecular complexity index is 1060. The van der Waals surface area contributed by atoms with Gasteiger partial charge in [-0.1, -0.05) is 42.5 Å². The Morgan fingerprint density at radius 2 is 1.66 bits per heavy atom. The number of hydrogen-bond acceptors (Lipinski definition) is 4. The number of carbonyl (C=O) groups is 1. The van der Waals surface area contributed by atoms with Crippen molar-refractivity contribution in [2.24, 2.45) is 0 Å². The van der Waals surface area contributed by atoms with Gasteiger partial charge in [-0.05, 0) is 59.9 Å². The predicted molar refractivity (Wildman–Crippen MR) is 125 cm³/mol. The predicted octanol–water partition coefficient (Wildman–Crippen LogP) is 4.82. The van der Waals surface area contributed by atoms with Gasteiger partial charge < -0.3 is 19.1 Å². The molecular weight excluding hydrogens is 402 g/mol. The van der Waals surface area contributed by atoms with Crippen molar-refractivity contribution >= 4 is 5.91 Å². The first-order valence-electron chi connectivity index (χ1n) is 11.0. The number of ether oxygens (including phenoxy) is 3. The molecule has 1 unspecified atom stereocenters. The van der Waals surface area contributed by atoms with E-state index in [0.29, 0.717) is 31.1 Å². The van der Waals surface area contributed by atoms with Crippen LogP contribution in [0.3, 0.4) is 0 Å². The van der Waals surface area contributed by atoms with Crippen LogP contribution in [0.1, 0.15) is 35.2 Å². The molecule has 0 aromatic heterocycles. The average Bonchev–Trinajstić information content (AvgIpc) is 2.84. The van der Waals surface area contributed by atoms with Crippen molar-refractivity contribution in [3.63, 3.8) is 0 Å². The first kappa shape index (κ1) is 21.8. The van der Waals surface area contributed by atoms with Crippen molar-refractivity contribution in [3.05, 3.63) is 89.0 Å². The van der Waals surface area contributed by atoms with Gasteiger partial charge >= 0.3 is 0 Å². The normalized spacial score (nSPS) is 15.1. The number of carbonyl (C=O) groups excluding carboxylic acids is 1. The number of amides is 1. The van der Waals surface area contributed by atoms with E-state index >= 15 is 0 Å². The Hall–Kier alpha value is -3.47. The standard InChI is InChI=1S/C27H29NO4/c1-4-32-22-12-10-19(11-13-22)16-26(29)28-15-14-21-17-24(30-2)25(31-3)18-23(21)27(28)20-8-6-5-7-9-20/h5-13,17-18,27H,4,14-16H2,1-3H3. The highest BCUT2D eigenvalue weighted by Crippen LogP contribution is 2.41. The largest absolute Gasteiger partial charge is 0.494 e. The second-order valence-electron chi connectivity index (χ2n) is 7.81. The summed E-state index contributed by atoms with van der Waals surface area (Å²) in [5.74, 6) is 2.31. The van der Waals surface area contributed by atoms with Crippen molar-refractivity contribution in [2.45, 2.75) is 25.8 Å². The minimum absolute atomic E-state index is 0.100. The van der Waals surface area contributed by atoms with Crippen LogP contribution in [0.25, 0.3) is 0 Å². The third kappa shape index (κ3) is 4.42. The molecule has 1 aliphatic heterocycles. The number of hydrogen-bond donors (Lipinski definition) is 0. The van der Waals surface area contributed by atoms with Crippen LogP contribution in [0.5, 0.6) is 17.2 Å². The maximum absolute atomic E-state index is 13.5. The fraction of sp³-hybridized carbons (Fsp3) is 0.296. The highest BCUT2D eigenvalue weighted by molar-refractivity contribution is 5.80. The number of methoxy groups -OCH3 is 2. The minimum atomic E-state index is -0.171. The van der Waals surface area contributed by atoms with Gasteiger partial charge in [0.2, 0.25) is 5.91 Å². The van der Waals surface area contributed by atoms with E-state index in [1.807, 2.05) is 66.4 Å². The number of nitrogens with zero attached hydrogens (tertiary/aromatic N) is 1. The zero-order valence-corrected chi connectivity index (χ0v) is 18.8. The fourth-order valence-electron chi connectivity index (χ4n) is 4.36. The van der Waals surface area contributed by atoms with E-state index in [1.54, 1.807) is 14.2 Å². The first-order chi connectivity index (χ1) is 15.6. The zero-order chi connectivity index (χ0) is 22.5. The van der Waals surface area contributed by atoms with E-state index in [9.17, 15) is 4.79 Å². The van der Waals surface area contributed by atoms with Gasteiger partial charge in [-0.25, -0.2) is 0 Å². The number of benzene rings is 3. The second-order valence-corrected chi connectivity index (χ2v) is 7.81. The van der Waals surface area contributed by atoms with Crippen LogP contribution in [0.15, 0.2) is 66.7 Å². The molecule has 0 fully saturated rings. The highest BCUT2D eigenvalue weighted by atomic mass is 16.5. The Morgan fingerprint density at radius 1 is 0.969 bits per heavy atom. The zero-order valence-electron chi connectivity index (χ0n) is 18.8. The lowest BCUT2D eigenvalue weighted by atomic mass is 9.87. The fourth-order valence-corrected chi connectivity index (χ4v) is 4.36. The smallest absolute Gasteiger partial charge is 0.227 e. The molecule has 0 N–H and O–H groups in total. The molecule has 0 radical (unpaired) electrons. The van der Waals surface area contributed by atoms with E-state index in [-0.39, 0.29) is 11.9 Å².